The van der Waals surface area contributed by atoms with Crippen LogP contribution in [0.25, 0.3) is 0 Å². The van der Waals surface area contributed by atoms with Gasteiger partial charge >= 0.3 is 5.97 Å². The molecule has 0 unspecified atom stereocenters. The number of nitrogens with zero attached hydrogens (tertiary/aromatic N) is 2. The lowest BCUT2D eigenvalue weighted by Gasteiger charge is -2.34. The second-order valence-electron chi connectivity index (χ2n) is 8.73. The van der Waals surface area contributed by atoms with Gasteiger partial charge in [-0.2, -0.15) is 0 Å². The van der Waals surface area contributed by atoms with Crippen molar-refractivity contribution in [1.82, 2.24) is 4.57 Å². The van der Waals surface area contributed by atoms with Gasteiger partial charge in [0.2, 0.25) is 0 Å². The van der Waals surface area contributed by atoms with Gasteiger partial charge in [0.1, 0.15) is 5.82 Å². The van der Waals surface area contributed by atoms with Gasteiger partial charge in [0.05, 0.1) is 0 Å². The average Bonchev–Trinajstić information content (AvgIpc) is 2.82. The molecule has 0 radical (unpaired) electrons. The van der Waals surface area contributed by atoms with Gasteiger partial charge in [0.15, 0.2) is 0 Å². The first-order valence-electron chi connectivity index (χ1n) is 11.7. The molecule has 7 heteroatoms. The SMILES string of the molecule is Cc1c(CNc2ccc(CCC(=O)O)c(F)c2)ccc2c1N(CCn1ccccc1=O)CCC2. The quantitative estimate of drug-likeness (QED) is 0.493. The number of nitrogens with one attached hydrogen (secondary N) is 1. The largest absolute Gasteiger partial charge is 0.481 e. The summed E-state index contributed by atoms with van der Waals surface area (Å²) in [4.78, 5) is 25.2. The lowest BCUT2D eigenvalue weighted by molar-refractivity contribution is -0.136. The lowest BCUT2D eigenvalue weighted by Crippen LogP contribution is -2.35. The number of hydrogen-bond donors (Lipinski definition) is 2. The molecule has 2 heterocycles. The molecule has 4 rings (SSSR count). The first-order valence-corrected chi connectivity index (χ1v) is 11.7. The van der Waals surface area contributed by atoms with Crippen molar-refractivity contribution in [2.75, 3.05) is 23.3 Å². The van der Waals surface area contributed by atoms with Crippen molar-refractivity contribution < 1.29 is 14.3 Å². The lowest BCUT2D eigenvalue weighted by atomic mass is 9.94. The molecule has 0 saturated heterocycles. The highest BCUT2D eigenvalue weighted by Crippen LogP contribution is 2.33. The molecule has 0 aliphatic carbocycles. The highest BCUT2D eigenvalue weighted by molar-refractivity contribution is 5.67. The van der Waals surface area contributed by atoms with Gasteiger partial charge in [-0.15, -0.1) is 0 Å². The van der Waals surface area contributed by atoms with Crippen molar-refractivity contribution in [3.63, 3.8) is 0 Å². The number of benzene rings is 2. The summed E-state index contributed by atoms with van der Waals surface area (Å²) in [5.74, 6) is -1.33. The zero-order valence-corrected chi connectivity index (χ0v) is 19.4. The number of carboxylic acids is 1. The second-order valence-corrected chi connectivity index (χ2v) is 8.73. The van der Waals surface area contributed by atoms with E-state index in [2.05, 4.69) is 29.3 Å². The number of hydrogen-bond acceptors (Lipinski definition) is 4. The summed E-state index contributed by atoms with van der Waals surface area (Å²) in [5.41, 5.74) is 5.98. The van der Waals surface area contributed by atoms with E-state index in [1.54, 1.807) is 28.8 Å². The summed E-state index contributed by atoms with van der Waals surface area (Å²) in [6, 6.07) is 14.4. The summed E-state index contributed by atoms with van der Waals surface area (Å²) >= 11 is 0. The maximum Gasteiger partial charge on any atom is 0.303 e. The van der Waals surface area contributed by atoms with Crippen LogP contribution in [0.1, 0.15) is 35.1 Å². The molecule has 0 amide bonds. The molecule has 0 atom stereocenters. The van der Waals surface area contributed by atoms with Gasteiger partial charge in [0, 0.05) is 56.2 Å². The smallest absolute Gasteiger partial charge is 0.303 e. The third-order valence-corrected chi connectivity index (χ3v) is 6.47. The minimum absolute atomic E-state index is 0.00983. The number of carboxylic acid groups (broad SMARTS) is 1. The third kappa shape index (κ3) is 5.47. The Balaban J connectivity index is 1.46. The van der Waals surface area contributed by atoms with Crippen LogP contribution in [0.4, 0.5) is 15.8 Å². The van der Waals surface area contributed by atoms with Crippen molar-refractivity contribution in [1.29, 1.82) is 0 Å². The zero-order chi connectivity index (χ0) is 24.1. The molecule has 6 nitrogen and oxygen atoms in total. The van der Waals surface area contributed by atoms with E-state index in [9.17, 15) is 14.0 Å². The van der Waals surface area contributed by atoms with Crippen molar-refractivity contribution >= 4 is 17.3 Å². The molecular weight excluding hydrogens is 433 g/mol. The van der Waals surface area contributed by atoms with E-state index in [1.807, 2.05) is 12.3 Å². The molecule has 0 spiro atoms. The van der Waals surface area contributed by atoms with E-state index in [-0.39, 0.29) is 18.4 Å². The highest BCUT2D eigenvalue weighted by Gasteiger charge is 2.20. The van der Waals surface area contributed by atoms with Crippen molar-refractivity contribution in [2.45, 2.75) is 45.7 Å². The van der Waals surface area contributed by atoms with Crippen LogP contribution in [0.5, 0.6) is 0 Å². The number of aliphatic carboxylic acids is 1. The summed E-state index contributed by atoms with van der Waals surface area (Å²) in [6.07, 6.45) is 4.03. The Bertz CT molecular complexity index is 1240. The molecule has 0 saturated carbocycles. The normalized spacial score (nSPS) is 12.9. The van der Waals surface area contributed by atoms with Crippen LogP contribution in [0.2, 0.25) is 0 Å². The molecule has 2 N–H and O–H groups in total. The monoisotopic (exact) mass is 463 g/mol. The molecule has 1 aliphatic rings. The Morgan fingerprint density at radius 2 is 1.94 bits per heavy atom. The van der Waals surface area contributed by atoms with Crippen molar-refractivity contribution in [2.24, 2.45) is 0 Å². The number of fused-ring (bicyclic) bond motifs is 1. The van der Waals surface area contributed by atoms with E-state index < -0.39 is 11.8 Å². The summed E-state index contributed by atoms with van der Waals surface area (Å²) in [7, 11) is 0. The summed E-state index contributed by atoms with van der Waals surface area (Å²) in [5, 5.41) is 12.1. The van der Waals surface area contributed by atoms with Crippen LogP contribution >= 0.6 is 0 Å². The zero-order valence-electron chi connectivity index (χ0n) is 19.4. The fraction of sp³-hybridized carbons (Fsp3) is 0.333. The standard InChI is InChI=1S/C27H30FN3O3/c1-19-22(18-29-23-11-9-20(24(28)17-23)10-12-26(33)34)8-7-21-5-4-14-31(27(19)21)16-15-30-13-3-2-6-25(30)32/h2-3,6-9,11,13,17,29H,4-5,10,12,14-16,18H2,1H3,(H,33,34). The van der Waals surface area contributed by atoms with E-state index in [0.29, 0.717) is 24.3 Å². The van der Waals surface area contributed by atoms with Crippen LogP contribution in [0.15, 0.2) is 59.5 Å². The number of aromatic nitrogens is 1. The molecular formula is C27H30FN3O3. The van der Waals surface area contributed by atoms with Crippen LogP contribution in [-0.4, -0.2) is 28.7 Å². The maximum absolute atomic E-state index is 14.4. The van der Waals surface area contributed by atoms with Crippen LogP contribution in [0.3, 0.4) is 0 Å². The number of halogens is 1. The van der Waals surface area contributed by atoms with Crippen LogP contribution < -0.4 is 15.8 Å². The first-order chi connectivity index (χ1) is 16.4. The van der Waals surface area contributed by atoms with Gasteiger partial charge in [-0.05, 0) is 66.6 Å². The Kier molecular flexibility index (Phi) is 7.30. The molecule has 2 aromatic carbocycles. The number of pyridine rings is 1. The minimum atomic E-state index is -0.936. The molecule has 34 heavy (non-hydrogen) atoms. The number of rotatable bonds is 9. The molecule has 0 fully saturated rings. The molecule has 1 aromatic heterocycles. The van der Waals surface area contributed by atoms with E-state index in [1.165, 1.54) is 22.9 Å². The fourth-order valence-corrected chi connectivity index (χ4v) is 4.60. The van der Waals surface area contributed by atoms with Gasteiger partial charge in [0.25, 0.3) is 5.56 Å². The summed E-state index contributed by atoms with van der Waals surface area (Å²) < 4.78 is 16.1. The first kappa shape index (κ1) is 23.5. The molecule has 1 aliphatic heterocycles. The van der Waals surface area contributed by atoms with Gasteiger partial charge in [-0.1, -0.05) is 24.3 Å². The van der Waals surface area contributed by atoms with Gasteiger partial charge in [-0.25, -0.2) is 4.39 Å². The Labute approximate surface area is 198 Å². The average molecular weight is 464 g/mol. The predicted octanol–water partition coefficient (Wildman–Crippen LogP) is 4.38. The fourth-order valence-electron chi connectivity index (χ4n) is 4.60. The van der Waals surface area contributed by atoms with Gasteiger partial charge in [-0.3, -0.25) is 9.59 Å². The molecule has 3 aromatic rings. The van der Waals surface area contributed by atoms with E-state index in [0.717, 1.165) is 31.5 Å². The van der Waals surface area contributed by atoms with Crippen LogP contribution in [0, 0.1) is 12.7 Å². The minimum Gasteiger partial charge on any atom is -0.481 e. The highest BCUT2D eigenvalue weighted by atomic mass is 19.1. The number of carbonyl (C=O) groups is 1. The summed E-state index contributed by atoms with van der Waals surface area (Å²) in [6.45, 7) is 5.03. The number of anilines is 2. The van der Waals surface area contributed by atoms with E-state index in [4.69, 9.17) is 5.11 Å². The third-order valence-electron chi connectivity index (χ3n) is 6.47. The molecule has 178 valence electrons. The van der Waals surface area contributed by atoms with Crippen LogP contribution in [-0.2, 0) is 30.7 Å². The Morgan fingerprint density at radius 1 is 1.12 bits per heavy atom. The van der Waals surface area contributed by atoms with Crippen molar-refractivity contribution in [3.05, 3.63) is 93.2 Å². The molecule has 0 bridgehead atoms. The van der Waals surface area contributed by atoms with Gasteiger partial charge < -0.3 is 19.9 Å². The predicted molar refractivity (Wildman–Crippen MR) is 132 cm³/mol. The van der Waals surface area contributed by atoms with E-state index >= 15 is 0 Å². The number of aryl methyl sites for hydroxylation is 2. The van der Waals surface area contributed by atoms with Crippen molar-refractivity contribution in [3.8, 4) is 0 Å². The second kappa shape index (κ2) is 10.5. The Morgan fingerprint density at radius 3 is 2.71 bits per heavy atom. The maximum atomic E-state index is 14.4. The Hall–Kier alpha value is -3.61. The topological polar surface area (TPSA) is 74.6 Å².